The van der Waals surface area contributed by atoms with Crippen LogP contribution in [-0.4, -0.2) is 24.0 Å². The molecule has 2 aromatic carbocycles. The zero-order valence-electron chi connectivity index (χ0n) is 13.6. The molecule has 6 nitrogen and oxygen atoms in total. The predicted molar refractivity (Wildman–Crippen MR) is 91.9 cm³/mol. The monoisotopic (exact) mass is 328 g/mol. The van der Waals surface area contributed by atoms with Gasteiger partial charge in [0.05, 0.1) is 25.3 Å². The highest BCUT2D eigenvalue weighted by molar-refractivity contribution is 5.95. The van der Waals surface area contributed by atoms with Crippen LogP contribution >= 0.6 is 0 Å². The summed E-state index contributed by atoms with van der Waals surface area (Å²) < 4.78 is 5.21. The molecular weight excluding hydrogens is 308 g/mol. The SMILES string of the molecule is COc1ccc(NC(C)=O)cc1NC(=O)CC(O)c1ccccc1. The molecule has 6 heteroatoms. The van der Waals surface area contributed by atoms with E-state index in [0.717, 1.165) is 0 Å². The summed E-state index contributed by atoms with van der Waals surface area (Å²) in [5, 5.41) is 15.5. The van der Waals surface area contributed by atoms with E-state index in [4.69, 9.17) is 4.74 Å². The van der Waals surface area contributed by atoms with Crippen LogP contribution < -0.4 is 15.4 Å². The highest BCUT2D eigenvalue weighted by atomic mass is 16.5. The second kappa shape index (κ2) is 8.12. The average Bonchev–Trinajstić information content (AvgIpc) is 2.55. The van der Waals surface area contributed by atoms with Gasteiger partial charge < -0.3 is 20.5 Å². The quantitative estimate of drug-likeness (QED) is 0.761. The lowest BCUT2D eigenvalue weighted by molar-refractivity contribution is -0.118. The molecule has 1 unspecified atom stereocenters. The Morgan fingerprint density at radius 2 is 1.83 bits per heavy atom. The van der Waals surface area contributed by atoms with Gasteiger partial charge in [-0.1, -0.05) is 30.3 Å². The third-order valence-corrected chi connectivity index (χ3v) is 3.36. The summed E-state index contributed by atoms with van der Waals surface area (Å²) in [6, 6.07) is 13.9. The Morgan fingerprint density at radius 3 is 2.46 bits per heavy atom. The topological polar surface area (TPSA) is 87.7 Å². The maximum absolute atomic E-state index is 12.2. The van der Waals surface area contributed by atoms with Crippen molar-refractivity contribution in [2.75, 3.05) is 17.7 Å². The number of anilines is 2. The van der Waals surface area contributed by atoms with E-state index in [2.05, 4.69) is 10.6 Å². The molecule has 0 bridgehead atoms. The van der Waals surface area contributed by atoms with E-state index in [1.807, 2.05) is 6.07 Å². The second-order valence-electron chi connectivity index (χ2n) is 5.28. The van der Waals surface area contributed by atoms with E-state index in [1.165, 1.54) is 14.0 Å². The first kappa shape index (κ1) is 17.5. The number of aliphatic hydroxyl groups excluding tert-OH is 1. The van der Waals surface area contributed by atoms with Crippen LogP contribution in [0, 0.1) is 0 Å². The normalized spacial score (nSPS) is 11.5. The number of amides is 2. The fraction of sp³-hybridized carbons (Fsp3) is 0.222. The maximum Gasteiger partial charge on any atom is 0.227 e. The zero-order chi connectivity index (χ0) is 17.5. The van der Waals surface area contributed by atoms with Crippen LogP contribution in [0.25, 0.3) is 0 Å². The van der Waals surface area contributed by atoms with E-state index < -0.39 is 6.10 Å². The summed E-state index contributed by atoms with van der Waals surface area (Å²) in [5.41, 5.74) is 1.64. The van der Waals surface area contributed by atoms with Gasteiger partial charge in [-0.3, -0.25) is 9.59 Å². The Bertz CT molecular complexity index is 716. The highest BCUT2D eigenvalue weighted by Gasteiger charge is 2.15. The first-order valence-electron chi connectivity index (χ1n) is 7.48. The van der Waals surface area contributed by atoms with Crippen LogP contribution in [0.3, 0.4) is 0 Å². The number of methoxy groups -OCH3 is 1. The summed E-state index contributed by atoms with van der Waals surface area (Å²) >= 11 is 0. The van der Waals surface area contributed by atoms with Crippen LogP contribution in [0.5, 0.6) is 5.75 Å². The third-order valence-electron chi connectivity index (χ3n) is 3.36. The summed E-state index contributed by atoms with van der Waals surface area (Å²) in [6.07, 6.45) is -0.979. The average molecular weight is 328 g/mol. The van der Waals surface area contributed by atoms with Crippen molar-refractivity contribution in [3.63, 3.8) is 0 Å². The van der Waals surface area contributed by atoms with Crippen molar-refractivity contribution in [3.05, 3.63) is 54.1 Å². The molecule has 0 aromatic heterocycles. The molecule has 0 radical (unpaired) electrons. The number of carbonyl (C=O) groups excluding carboxylic acids is 2. The minimum Gasteiger partial charge on any atom is -0.495 e. The van der Waals surface area contributed by atoms with Gasteiger partial charge in [0.15, 0.2) is 0 Å². The fourth-order valence-electron chi connectivity index (χ4n) is 2.26. The molecular formula is C18H20N2O4. The molecule has 0 aliphatic heterocycles. The number of nitrogens with one attached hydrogen (secondary N) is 2. The number of hydrogen-bond donors (Lipinski definition) is 3. The van der Waals surface area contributed by atoms with E-state index in [1.54, 1.807) is 42.5 Å². The minimum absolute atomic E-state index is 0.0858. The molecule has 0 heterocycles. The van der Waals surface area contributed by atoms with Gasteiger partial charge in [0, 0.05) is 12.6 Å². The number of hydrogen-bond acceptors (Lipinski definition) is 4. The van der Waals surface area contributed by atoms with Gasteiger partial charge in [-0.2, -0.15) is 0 Å². The van der Waals surface area contributed by atoms with Gasteiger partial charge in [-0.25, -0.2) is 0 Å². The van der Waals surface area contributed by atoms with Gasteiger partial charge in [0.25, 0.3) is 0 Å². The number of aliphatic hydroxyl groups is 1. The largest absolute Gasteiger partial charge is 0.495 e. The van der Waals surface area contributed by atoms with Crippen LogP contribution in [0.15, 0.2) is 48.5 Å². The van der Waals surface area contributed by atoms with Crippen molar-refractivity contribution in [1.29, 1.82) is 0 Å². The highest BCUT2D eigenvalue weighted by Crippen LogP contribution is 2.28. The summed E-state index contributed by atoms with van der Waals surface area (Å²) in [4.78, 5) is 23.3. The predicted octanol–water partition coefficient (Wildman–Crippen LogP) is 2.72. The summed E-state index contributed by atoms with van der Waals surface area (Å²) in [6.45, 7) is 1.40. The molecule has 2 rings (SSSR count). The lowest BCUT2D eigenvalue weighted by Gasteiger charge is -2.14. The first-order chi connectivity index (χ1) is 11.5. The van der Waals surface area contributed by atoms with Crippen LogP contribution in [0.1, 0.15) is 25.0 Å². The molecule has 0 saturated heterocycles. The number of rotatable bonds is 6. The molecule has 1 atom stereocenters. The molecule has 2 amide bonds. The van der Waals surface area contributed by atoms with Crippen LogP contribution in [0.2, 0.25) is 0 Å². The van der Waals surface area contributed by atoms with Crippen LogP contribution in [0.4, 0.5) is 11.4 Å². The molecule has 24 heavy (non-hydrogen) atoms. The Balaban J connectivity index is 2.08. The number of carbonyl (C=O) groups is 2. The summed E-state index contributed by atoms with van der Waals surface area (Å²) in [7, 11) is 1.49. The molecule has 0 aliphatic rings. The Morgan fingerprint density at radius 1 is 1.12 bits per heavy atom. The standard InChI is InChI=1S/C18H20N2O4/c1-12(21)19-14-8-9-17(24-2)15(10-14)20-18(23)11-16(22)13-6-4-3-5-7-13/h3-10,16,22H,11H2,1-2H3,(H,19,21)(H,20,23). The molecule has 0 saturated carbocycles. The fourth-order valence-corrected chi connectivity index (χ4v) is 2.26. The van der Waals surface area contributed by atoms with Crippen molar-refractivity contribution in [2.45, 2.75) is 19.4 Å². The lowest BCUT2D eigenvalue weighted by Crippen LogP contribution is -2.16. The first-order valence-corrected chi connectivity index (χ1v) is 7.48. The number of benzene rings is 2. The summed E-state index contributed by atoms with van der Waals surface area (Å²) in [5.74, 6) is -0.103. The zero-order valence-corrected chi connectivity index (χ0v) is 13.6. The molecule has 126 valence electrons. The van der Waals surface area contributed by atoms with Gasteiger partial charge in [0.2, 0.25) is 11.8 Å². The minimum atomic E-state index is -0.893. The third kappa shape index (κ3) is 4.82. The van der Waals surface area contributed by atoms with E-state index in [-0.39, 0.29) is 18.2 Å². The van der Waals surface area contributed by atoms with Crippen molar-refractivity contribution < 1.29 is 19.4 Å². The molecule has 3 N–H and O–H groups in total. The van der Waals surface area contributed by atoms with Crippen molar-refractivity contribution in [1.82, 2.24) is 0 Å². The lowest BCUT2D eigenvalue weighted by atomic mass is 10.1. The van der Waals surface area contributed by atoms with Gasteiger partial charge >= 0.3 is 0 Å². The Labute approximate surface area is 140 Å². The molecule has 2 aromatic rings. The van der Waals surface area contributed by atoms with Gasteiger partial charge in [-0.05, 0) is 23.8 Å². The van der Waals surface area contributed by atoms with Crippen molar-refractivity contribution >= 4 is 23.2 Å². The van der Waals surface area contributed by atoms with E-state index >= 15 is 0 Å². The number of ether oxygens (including phenoxy) is 1. The van der Waals surface area contributed by atoms with Crippen molar-refractivity contribution in [3.8, 4) is 5.75 Å². The Hall–Kier alpha value is -2.86. The van der Waals surface area contributed by atoms with Gasteiger partial charge in [0.1, 0.15) is 5.75 Å². The van der Waals surface area contributed by atoms with Crippen LogP contribution in [-0.2, 0) is 9.59 Å². The Kier molecular flexibility index (Phi) is 5.92. The van der Waals surface area contributed by atoms with Gasteiger partial charge in [-0.15, -0.1) is 0 Å². The van der Waals surface area contributed by atoms with E-state index in [0.29, 0.717) is 22.7 Å². The molecule has 0 fully saturated rings. The van der Waals surface area contributed by atoms with E-state index in [9.17, 15) is 14.7 Å². The second-order valence-corrected chi connectivity index (χ2v) is 5.28. The smallest absolute Gasteiger partial charge is 0.227 e. The molecule has 0 aliphatic carbocycles. The molecule has 0 spiro atoms. The maximum atomic E-state index is 12.2. The van der Waals surface area contributed by atoms with Crippen molar-refractivity contribution in [2.24, 2.45) is 0 Å².